The molecule has 2 aromatic rings. The zero-order valence-electron chi connectivity index (χ0n) is 12.0. The highest BCUT2D eigenvalue weighted by molar-refractivity contribution is 8.00. The number of rotatable bonds is 7. The smallest absolute Gasteiger partial charge is 0.242 e. The number of thioether (sulfide) groups is 1. The summed E-state index contributed by atoms with van der Waals surface area (Å²) in [5, 5.41) is 3.10. The van der Waals surface area contributed by atoms with Gasteiger partial charge in [0.15, 0.2) is 4.34 Å². The van der Waals surface area contributed by atoms with E-state index in [1.807, 2.05) is 37.3 Å². The number of nitrogens with one attached hydrogen (secondary N) is 1. The van der Waals surface area contributed by atoms with Crippen molar-refractivity contribution in [3.63, 3.8) is 0 Å². The first-order valence-corrected chi connectivity index (χ1v) is 8.32. The van der Waals surface area contributed by atoms with Crippen molar-refractivity contribution in [3.05, 3.63) is 41.7 Å². The average molecular weight is 322 g/mol. The first-order chi connectivity index (χ1) is 10.1. The van der Waals surface area contributed by atoms with Crippen LogP contribution in [0.4, 0.5) is 0 Å². The molecule has 0 saturated heterocycles. The number of hydrogen-bond donors (Lipinski definition) is 2. The van der Waals surface area contributed by atoms with Crippen LogP contribution in [0.2, 0.25) is 0 Å². The van der Waals surface area contributed by atoms with Crippen LogP contribution < -0.4 is 11.1 Å². The predicted molar refractivity (Wildman–Crippen MR) is 86.4 cm³/mol. The Balaban J connectivity index is 2.12. The maximum Gasteiger partial charge on any atom is 0.242 e. The van der Waals surface area contributed by atoms with E-state index in [0.29, 0.717) is 6.42 Å². The first-order valence-electron chi connectivity index (χ1n) is 6.56. The van der Waals surface area contributed by atoms with Crippen molar-refractivity contribution in [1.29, 1.82) is 0 Å². The van der Waals surface area contributed by atoms with Gasteiger partial charge < -0.3 is 11.1 Å². The van der Waals surface area contributed by atoms with E-state index in [1.165, 1.54) is 11.5 Å². The summed E-state index contributed by atoms with van der Waals surface area (Å²) in [7, 11) is 1.76. The van der Waals surface area contributed by atoms with Crippen molar-refractivity contribution in [2.45, 2.75) is 23.2 Å². The maximum atomic E-state index is 12.0. The number of nitrogens with two attached hydrogens (primary N) is 1. The molecule has 0 aliphatic carbocycles. The molecule has 5 nitrogen and oxygen atoms in total. The van der Waals surface area contributed by atoms with Crippen LogP contribution in [-0.4, -0.2) is 28.1 Å². The average Bonchev–Trinajstić information content (AvgIpc) is 2.90. The van der Waals surface area contributed by atoms with Crippen LogP contribution in [0.1, 0.15) is 17.8 Å². The van der Waals surface area contributed by atoms with Crippen LogP contribution in [-0.2, 0) is 10.3 Å². The monoisotopic (exact) mass is 322 g/mol. The summed E-state index contributed by atoms with van der Waals surface area (Å²) in [4.78, 5) is 16.3. The van der Waals surface area contributed by atoms with Gasteiger partial charge in [0.25, 0.3) is 0 Å². The molecule has 1 aromatic carbocycles. The Morgan fingerprint density at radius 1 is 1.43 bits per heavy atom. The number of hydrogen-bond acceptors (Lipinski definition) is 6. The molecule has 2 rings (SSSR count). The third kappa shape index (κ3) is 3.61. The number of benzene rings is 1. The lowest BCUT2D eigenvalue weighted by molar-refractivity contribution is -0.124. The van der Waals surface area contributed by atoms with Crippen molar-refractivity contribution in [1.82, 2.24) is 14.7 Å². The SMILES string of the molecule is CNC(CCSc1nc(C)ns1)(C(N)=O)c1ccccc1. The molecule has 0 spiro atoms. The standard InChI is InChI=1S/C14H18N4OS2/c1-10-17-13(21-18-10)20-9-8-14(16-2,12(15)19)11-6-4-3-5-7-11/h3-7,16H,8-9H2,1-2H3,(H2,15,19). The Bertz CT molecular complexity index is 602. The maximum absolute atomic E-state index is 12.0. The van der Waals surface area contributed by atoms with Gasteiger partial charge in [-0.05, 0) is 37.5 Å². The Morgan fingerprint density at radius 3 is 2.67 bits per heavy atom. The molecule has 0 saturated carbocycles. The Kier molecular flexibility index (Phi) is 5.33. The van der Waals surface area contributed by atoms with Gasteiger partial charge in [0.1, 0.15) is 11.4 Å². The molecule has 3 N–H and O–H groups in total. The summed E-state index contributed by atoms with van der Waals surface area (Å²) in [6, 6.07) is 9.57. The fraction of sp³-hybridized carbons (Fsp3) is 0.357. The van der Waals surface area contributed by atoms with Gasteiger partial charge >= 0.3 is 0 Å². The number of primary amides is 1. The molecule has 0 aliphatic heterocycles. The molecular formula is C14H18N4OS2. The van der Waals surface area contributed by atoms with Crippen LogP contribution in [0.5, 0.6) is 0 Å². The zero-order chi connectivity index (χ0) is 15.3. The molecule has 1 aromatic heterocycles. The van der Waals surface area contributed by atoms with Gasteiger partial charge in [-0.25, -0.2) is 4.98 Å². The normalized spacial score (nSPS) is 13.8. The van der Waals surface area contributed by atoms with Gasteiger partial charge in [0.05, 0.1) is 0 Å². The number of aryl methyl sites for hydroxylation is 1. The zero-order valence-corrected chi connectivity index (χ0v) is 13.6. The van der Waals surface area contributed by atoms with E-state index in [2.05, 4.69) is 14.7 Å². The van der Waals surface area contributed by atoms with Gasteiger partial charge in [-0.15, -0.1) is 0 Å². The second kappa shape index (κ2) is 7.02. The quantitative estimate of drug-likeness (QED) is 0.761. The van der Waals surface area contributed by atoms with Crippen molar-refractivity contribution in [3.8, 4) is 0 Å². The fourth-order valence-corrected chi connectivity index (χ4v) is 3.93. The molecule has 0 fully saturated rings. The summed E-state index contributed by atoms with van der Waals surface area (Å²) in [5.41, 5.74) is 5.69. The topological polar surface area (TPSA) is 80.9 Å². The van der Waals surface area contributed by atoms with Crippen molar-refractivity contribution >= 4 is 29.2 Å². The minimum absolute atomic E-state index is 0.370. The molecule has 112 valence electrons. The van der Waals surface area contributed by atoms with Crippen molar-refractivity contribution < 1.29 is 4.79 Å². The number of aromatic nitrogens is 2. The molecular weight excluding hydrogens is 304 g/mol. The minimum atomic E-state index is -0.853. The van der Waals surface area contributed by atoms with Crippen molar-refractivity contribution in [2.75, 3.05) is 12.8 Å². The third-order valence-corrected chi connectivity index (χ3v) is 5.25. The Labute approximate surface area is 132 Å². The van der Waals surface area contributed by atoms with Gasteiger partial charge in [-0.3, -0.25) is 4.79 Å². The molecule has 21 heavy (non-hydrogen) atoms. The highest BCUT2D eigenvalue weighted by atomic mass is 32.2. The van der Waals surface area contributed by atoms with Gasteiger partial charge in [-0.2, -0.15) is 4.37 Å². The van der Waals surface area contributed by atoms with Gasteiger partial charge in [0.2, 0.25) is 5.91 Å². The number of amides is 1. The van der Waals surface area contributed by atoms with E-state index in [1.54, 1.807) is 18.8 Å². The van der Waals surface area contributed by atoms with Crippen LogP contribution in [0.15, 0.2) is 34.7 Å². The second-order valence-corrected chi connectivity index (χ2v) is 6.69. The molecule has 1 amide bonds. The minimum Gasteiger partial charge on any atom is -0.368 e. The largest absolute Gasteiger partial charge is 0.368 e. The molecule has 7 heteroatoms. The molecule has 0 bridgehead atoms. The van der Waals surface area contributed by atoms with Crippen LogP contribution in [0.25, 0.3) is 0 Å². The van der Waals surface area contributed by atoms with E-state index in [9.17, 15) is 4.79 Å². The van der Waals surface area contributed by atoms with Crippen molar-refractivity contribution in [2.24, 2.45) is 5.73 Å². The number of carbonyl (C=O) groups is 1. The third-order valence-electron chi connectivity index (χ3n) is 3.33. The summed E-state index contributed by atoms with van der Waals surface area (Å²) in [6.45, 7) is 1.87. The highest BCUT2D eigenvalue weighted by Gasteiger charge is 2.36. The van der Waals surface area contributed by atoms with E-state index in [4.69, 9.17) is 5.73 Å². The van der Waals surface area contributed by atoms with Gasteiger partial charge in [-0.1, -0.05) is 42.1 Å². The Hall–Kier alpha value is -1.44. The predicted octanol–water partition coefficient (Wildman–Crippen LogP) is 1.93. The second-order valence-electron chi connectivity index (χ2n) is 4.59. The van der Waals surface area contributed by atoms with E-state index in [-0.39, 0.29) is 5.91 Å². The van der Waals surface area contributed by atoms with E-state index >= 15 is 0 Å². The summed E-state index contributed by atoms with van der Waals surface area (Å²) < 4.78 is 5.06. The van der Waals surface area contributed by atoms with E-state index in [0.717, 1.165) is 21.5 Å². The number of nitrogens with zero attached hydrogens (tertiary/aromatic N) is 2. The summed E-state index contributed by atoms with van der Waals surface area (Å²) >= 11 is 2.97. The summed E-state index contributed by atoms with van der Waals surface area (Å²) in [5.74, 6) is 1.14. The lowest BCUT2D eigenvalue weighted by Crippen LogP contribution is -2.51. The lowest BCUT2D eigenvalue weighted by Gasteiger charge is -2.30. The lowest BCUT2D eigenvalue weighted by atomic mass is 9.86. The highest BCUT2D eigenvalue weighted by Crippen LogP contribution is 2.29. The van der Waals surface area contributed by atoms with E-state index < -0.39 is 5.54 Å². The summed E-state index contributed by atoms with van der Waals surface area (Å²) in [6.07, 6.45) is 0.589. The molecule has 0 radical (unpaired) electrons. The Morgan fingerprint density at radius 2 is 2.14 bits per heavy atom. The number of carbonyl (C=O) groups excluding carboxylic acids is 1. The van der Waals surface area contributed by atoms with Crippen LogP contribution in [0.3, 0.4) is 0 Å². The molecule has 1 heterocycles. The molecule has 1 unspecified atom stereocenters. The van der Waals surface area contributed by atoms with Crippen LogP contribution in [0, 0.1) is 6.92 Å². The molecule has 1 atom stereocenters. The first kappa shape index (κ1) is 15.9. The molecule has 0 aliphatic rings. The van der Waals surface area contributed by atoms with Gasteiger partial charge in [0, 0.05) is 5.75 Å². The van der Waals surface area contributed by atoms with Crippen LogP contribution >= 0.6 is 23.3 Å². The number of likely N-dealkylation sites (N-methyl/N-ethyl adjacent to an activating group) is 1. The fourth-order valence-electron chi connectivity index (χ4n) is 2.15.